The minimum Gasteiger partial charge on any atom is -0.384 e. The molecule has 2 aromatic rings. The van der Waals surface area contributed by atoms with Crippen LogP contribution in [0.3, 0.4) is 0 Å². The first kappa shape index (κ1) is 22.0. The molecule has 0 spiro atoms. The largest absolute Gasteiger partial charge is 0.435 e. The minimum absolute atomic E-state index is 0.0239. The fourth-order valence-corrected chi connectivity index (χ4v) is 4.16. The van der Waals surface area contributed by atoms with E-state index in [0.717, 1.165) is 15.9 Å². The molecule has 1 atom stereocenters. The standard InChI is InChI=1S/C16H18F6N4O2S/c1-28-5-3-12-24-26-13(16(20,21)22)10(23-14(26)29-12)7-25-6-9(11(27)8-25)2-4-15(17,18)19/h9H,2-8H2,1H3. The quantitative estimate of drug-likeness (QED) is 0.614. The molecule has 2 aromatic heterocycles. The van der Waals surface area contributed by atoms with Crippen molar-refractivity contribution in [1.29, 1.82) is 0 Å². The molecule has 0 radical (unpaired) electrons. The molecule has 1 aliphatic rings. The van der Waals surface area contributed by atoms with Gasteiger partial charge < -0.3 is 4.74 Å². The summed E-state index contributed by atoms with van der Waals surface area (Å²) in [4.78, 5) is 17.5. The molecule has 13 heteroatoms. The number of hydrogen-bond acceptors (Lipinski definition) is 6. The highest BCUT2D eigenvalue weighted by molar-refractivity contribution is 7.16. The maximum absolute atomic E-state index is 13.6. The second-order valence-corrected chi connectivity index (χ2v) is 7.87. The van der Waals surface area contributed by atoms with Gasteiger partial charge in [0.2, 0.25) is 4.96 Å². The van der Waals surface area contributed by atoms with Crippen molar-refractivity contribution < 1.29 is 35.9 Å². The summed E-state index contributed by atoms with van der Waals surface area (Å²) in [6.07, 6.45) is -10.2. The van der Waals surface area contributed by atoms with E-state index in [1.54, 1.807) is 0 Å². The zero-order valence-corrected chi connectivity index (χ0v) is 16.1. The highest BCUT2D eigenvalue weighted by Gasteiger charge is 2.41. The Morgan fingerprint density at radius 3 is 2.59 bits per heavy atom. The molecule has 3 heterocycles. The minimum atomic E-state index is -4.72. The molecule has 1 saturated heterocycles. The van der Waals surface area contributed by atoms with Crippen LogP contribution in [0.2, 0.25) is 0 Å². The summed E-state index contributed by atoms with van der Waals surface area (Å²) in [5.41, 5.74) is -1.32. The van der Waals surface area contributed by atoms with Crippen LogP contribution in [0.15, 0.2) is 0 Å². The number of hydrogen-bond donors (Lipinski definition) is 0. The van der Waals surface area contributed by atoms with Gasteiger partial charge in [0.25, 0.3) is 0 Å². The van der Waals surface area contributed by atoms with Crippen LogP contribution in [0.4, 0.5) is 26.3 Å². The Bertz CT molecular complexity index is 875. The number of ketones is 1. The zero-order chi connectivity index (χ0) is 21.4. The SMILES string of the molecule is COCCc1nn2c(C(F)(F)F)c(CN3CC(=O)C(CCC(F)(F)F)C3)nc2s1. The maximum Gasteiger partial charge on any atom is 0.435 e. The monoisotopic (exact) mass is 444 g/mol. The molecule has 6 nitrogen and oxygen atoms in total. The third kappa shape index (κ3) is 5.25. The highest BCUT2D eigenvalue weighted by Crippen LogP contribution is 2.35. The van der Waals surface area contributed by atoms with E-state index >= 15 is 0 Å². The molecule has 0 amide bonds. The average molecular weight is 444 g/mol. The number of fused-ring (bicyclic) bond motifs is 1. The van der Waals surface area contributed by atoms with Gasteiger partial charge in [-0.3, -0.25) is 9.69 Å². The molecule has 0 aromatic carbocycles. The summed E-state index contributed by atoms with van der Waals surface area (Å²) in [6.45, 7) is -0.200. The molecular weight excluding hydrogens is 426 g/mol. The van der Waals surface area contributed by atoms with E-state index in [0.29, 0.717) is 18.0 Å². The molecule has 0 N–H and O–H groups in total. The van der Waals surface area contributed by atoms with Crippen molar-refractivity contribution in [2.75, 3.05) is 26.8 Å². The number of nitrogens with zero attached hydrogens (tertiary/aromatic N) is 4. The molecule has 3 rings (SSSR count). The van der Waals surface area contributed by atoms with Crippen molar-refractivity contribution in [3.63, 3.8) is 0 Å². The number of halogens is 6. The number of methoxy groups -OCH3 is 1. The van der Waals surface area contributed by atoms with E-state index in [1.165, 1.54) is 12.0 Å². The fraction of sp³-hybridized carbons (Fsp3) is 0.688. The van der Waals surface area contributed by atoms with Crippen molar-refractivity contribution in [3.05, 3.63) is 16.4 Å². The van der Waals surface area contributed by atoms with Crippen LogP contribution in [-0.4, -0.2) is 58.3 Å². The van der Waals surface area contributed by atoms with Gasteiger partial charge in [-0.1, -0.05) is 11.3 Å². The van der Waals surface area contributed by atoms with E-state index in [4.69, 9.17) is 4.74 Å². The Morgan fingerprint density at radius 2 is 1.97 bits per heavy atom. The highest BCUT2D eigenvalue weighted by atomic mass is 32.1. The van der Waals surface area contributed by atoms with Crippen LogP contribution in [0.25, 0.3) is 4.96 Å². The topological polar surface area (TPSA) is 59.7 Å². The predicted molar refractivity (Wildman–Crippen MR) is 90.5 cm³/mol. The van der Waals surface area contributed by atoms with E-state index in [1.807, 2.05) is 0 Å². The van der Waals surface area contributed by atoms with Gasteiger partial charge in [-0.15, -0.1) is 0 Å². The lowest BCUT2D eigenvalue weighted by molar-refractivity contribution is -0.143. The average Bonchev–Trinajstić information content (AvgIpc) is 3.21. The summed E-state index contributed by atoms with van der Waals surface area (Å²) < 4.78 is 83.6. The molecule has 29 heavy (non-hydrogen) atoms. The third-order valence-corrected chi connectivity index (χ3v) is 5.54. The van der Waals surface area contributed by atoms with Gasteiger partial charge in [-0.05, 0) is 6.42 Å². The van der Waals surface area contributed by atoms with Gasteiger partial charge in [0.1, 0.15) is 5.01 Å². The normalized spacial score (nSPS) is 19.0. The lowest BCUT2D eigenvalue weighted by atomic mass is 10.0. The Labute approximate surface area is 165 Å². The van der Waals surface area contributed by atoms with Crippen LogP contribution in [0, 0.1) is 5.92 Å². The summed E-state index contributed by atoms with van der Waals surface area (Å²) in [5.74, 6) is -1.24. The van der Waals surface area contributed by atoms with Crippen molar-refractivity contribution in [3.8, 4) is 0 Å². The number of ether oxygens (including phenoxy) is 1. The van der Waals surface area contributed by atoms with Gasteiger partial charge >= 0.3 is 12.4 Å². The van der Waals surface area contributed by atoms with Gasteiger partial charge in [0, 0.05) is 39.0 Å². The fourth-order valence-electron chi connectivity index (χ4n) is 3.26. The van der Waals surface area contributed by atoms with E-state index in [2.05, 4.69) is 10.1 Å². The summed E-state index contributed by atoms with van der Waals surface area (Å²) in [6, 6.07) is 0. The number of alkyl halides is 6. The number of rotatable bonds is 7. The smallest absolute Gasteiger partial charge is 0.384 e. The third-order valence-electron chi connectivity index (χ3n) is 4.57. The molecule has 0 saturated carbocycles. The maximum atomic E-state index is 13.6. The first-order valence-electron chi connectivity index (χ1n) is 8.73. The Balaban J connectivity index is 1.77. The number of carbonyl (C=O) groups is 1. The lowest BCUT2D eigenvalue weighted by Crippen LogP contribution is -2.23. The predicted octanol–water partition coefficient (Wildman–Crippen LogP) is 3.34. The van der Waals surface area contributed by atoms with Crippen LogP contribution < -0.4 is 0 Å². The Hall–Kier alpha value is -1.73. The van der Waals surface area contributed by atoms with Crippen molar-refractivity contribution in [2.24, 2.45) is 5.92 Å². The van der Waals surface area contributed by atoms with Gasteiger partial charge in [-0.2, -0.15) is 36.0 Å². The van der Waals surface area contributed by atoms with Gasteiger partial charge in [-0.25, -0.2) is 4.98 Å². The Morgan fingerprint density at radius 1 is 1.24 bits per heavy atom. The van der Waals surface area contributed by atoms with Crippen LogP contribution in [-0.2, 0) is 28.7 Å². The van der Waals surface area contributed by atoms with Crippen LogP contribution in [0.5, 0.6) is 0 Å². The number of aromatic nitrogens is 3. The number of Topliss-reactive ketones (excluding diaryl/α,β-unsaturated/α-hetero) is 1. The van der Waals surface area contributed by atoms with Crippen molar-refractivity contribution in [2.45, 2.75) is 38.2 Å². The van der Waals surface area contributed by atoms with E-state index in [-0.39, 0.29) is 36.7 Å². The first-order valence-corrected chi connectivity index (χ1v) is 9.55. The van der Waals surface area contributed by atoms with E-state index < -0.39 is 36.2 Å². The number of carbonyl (C=O) groups excluding carboxylic acids is 1. The lowest BCUT2D eigenvalue weighted by Gasteiger charge is -2.15. The Kier molecular flexibility index (Phi) is 6.20. The summed E-state index contributed by atoms with van der Waals surface area (Å²) in [5, 5.41) is 4.40. The second-order valence-electron chi connectivity index (χ2n) is 6.82. The van der Waals surface area contributed by atoms with Crippen LogP contribution >= 0.6 is 11.3 Å². The molecule has 1 fully saturated rings. The summed E-state index contributed by atoms with van der Waals surface area (Å²) >= 11 is 1.01. The van der Waals surface area contributed by atoms with Gasteiger partial charge in [0.05, 0.1) is 18.8 Å². The van der Waals surface area contributed by atoms with Crippen molar-refractivity contribution >= 4 is 22.1 Å². The van der Waals surface area contributed by atoms with Gasteiger partial charge in [0.15, 0.2) is 11.5 Å². The van der Waals surface area contributed by atoms with Crippen LogP contribution in [0.1, 0.15) is 29.2 Å². The number of likely N-dealkylation sites (tertiary alicyclic amines) is 1. The molecule has 0 bridgehead atoms. The first-order chi connectivity index (χ1) is 13.5. The second kappa shape index (κ2) is 8.19. The molecule has 1 aliphatic heterocycles. The number of imidazole rings is 1. The molecule has 1 unspecified atom stereocenters. The summed E-state index contributed by atoms with van der Waals surface area (Å²) in [7, 11) is 1.47. The molecular formula is C16H18F6N4O2S. The zero-order valence-electron chi connectivity index (χ0n) is 15.3. The van der Waals surface area contributed by atoms with Crippen molar-refractivity contribution in [1.82, 2.24) is 19.5 Å². The van der Waals surface area contributed by atoms with E-state index in [9.17, 15) is 31.1 Å². The molecule has 0 aliphatic carbocycles. The molecule has 162 valence electrons.